The van der Waals surface area contributed by atoms with Crippen molar-refractivity contribution in [2.24, 2.45) is 5.92 Å². The molecule has 0 aliphatic carbocycles. The molecular formula is C11H20N2O2. The van der Waals surface area contributed by atoms with Gasteiger partial charge in [0, 0.05) is 25.6 Å². The molecule has 0 aromatic heterocycles. The Hall–Kier alpha value is -1.06. The van der Waals surface area contributed by atoms with E-state index in [4.69, 9.17) is 0 Å². The van der Waals surface area contributed by atoms with Crippen LogP contribution in [0.5, 0.6) is 0 Å². The monoisotopic (exact) mass is 212 g/mol. The maximum Gasteiger partial charge on any atom is 0.223 e. The molecule has 1 heterocycles. The summed E-state index contributed by atoms with van der Waals surface area (Å²) in [6.45, 7) is 4.32. The SMILES string of the molecule is CCCCNC(=O)C1CCN(C=O)CC1. The third-order valence-electron chi connectivity index (χ3n) is 2.88. The fourth-order valence-electron chi connectivity index (χ4n) is 1.80. The quantitative estimate of drug-likeness (QED) is 0.540. The number of unbranched alkanes of at least 4 members (excludes halogenated alkanes) is 1. The number of piperidine rings is 1. The highest BCUT2D eigenvalue weighted by molar-refractivity contribution is 5.78. The minimum Gasteiger partial charge on any atom is -0.356 e. The normalized spacial score (nSPS) is 17.5. The van der Waals surface area contributed by atoms with Crippen LogP contribution in [0.1, 0.15) is 32.6 Å². The molecule has 1 saturated heterocycles. The molecule has 15 heavy (non-hydrogen) atoms. The predicted molar refractivity (Wildman–Crippen MR) is 58.3 cm³/mol. The molecule has 0 bridgehead atoms. The van der Waals surface area contributed by atoms with Crippen LogP contribution in [0.3, 0.4) is 0 Å². The molecule has 0 spiro atoms. The molecule has 0 unspecified atom stereocenters. The van der Waals surface area contributed by atoms with Gasteiger partial charge in [-0.2, -0.15) is 0 Å². The molecule has 1 aliphatic heterocycles. The summed E-state index contributed by atoms with van der Waals surface area (Å²) in [5.74, 6) is 0.270. The van der Waals surface area contributed by atoms with Crippen molar-refractivity contribution in [3.8, 4) is 0 Å². The van der Waals surface area contributed by atoms with Crippen molar-refractivity contribution < 1.29 is 9.59 Å². The van der Waals surface area contributed by atoms with Gasteiger partial charge in [0.15, 0.2) is 0 Å². The summed E-state index contributed by atoms with van der Waals surface area (Å²) in [6, 6.07) is 0. The van der Waals surface area contributed by atoms with Crippen molar-refractivity contribution >= 4 is 12.3 Å². The Bertz CT molecular complexity index is 211. The van der Waals surface area contributed by atoms with Crippen LogP contribution in [0.2, 0.25) is 0 Å². The first-order chi connectivity index (χ1) is 7.27. The average Bonchev–Trinajstić information content (AvgIpc) is 2.29. The van der Waals surface area contributed by atoms with Gasteiger partial charge in [0.05, 0.1) is 0 Å². The van der Waals surface area contributed by atoms with Crippen LogP contribution in [0.25, 0.3) is 0 Å². The lowest BCUT2D eigenvalue weighted by Crippen LogP contribution is -2.40. The zero-order valence-corrected chi connectivity index (χ0v) is 9.37. The van der Waals surface area contributed by atoms with Gasteiger partial charge >= 0.3 is 0 Å². The second-order valence-corrected chi connectivity index (χ2v) is 4.06. The van der Waals surface area contributed by atoms with Crippen molar-refractivity contribution in [2.75, 3.05) is 19.6 Å². The summed E-state index contributed by atoms with van der Waals surface area (Å²) in [4.78, 5) is 23.9. The minimum absolute atomic E-state index is 0.109. The number of hydrogen-bond acceptors (Lipinski definition) is 2. The van der Waals surface area contributed by atoms with Crippen LogP contribution in [-0.4, -0.2) is 36.9 Å². The third-order valence-corrected chi connectivity index (χ3v) is 2.88. The summed E-state index contributed by atoms with van der Waals surface area (Å²) in [5.41, 5.74) is 0. The highest BCUT2D eigenvalue weighted by Crippen LogP contribution is 2.15. The number of nitrogens with one attached hydrogen (secondary N) is 1. The van der Waals surface area contributed by atoms with Gasteiger partial charge in [0.1, 0.15) is 0 Å². The molecule has 1 aliphatic rings. The average molecular weight is 212 g/mol. The van der Waals surface area contributed by atoms with E-state index in [1.807, 2.05) is 0 Å². The van der Waals surface area contributed by atoms with E-state index in [0.29, 0.717) is 0 Å². The van der Waals surface area contributed by atoms with Crippen LogP contribution >= 0.6 is 0 Å². The fraction of sp³-hybridized carbons (Fsp3) is 0.818. The lowest BCUT2D eigenvalue weighted by molar-refractivity contribution is -0.128. The first kappa shape index (κ1) is 12.0. The number of carbonyl (C=O) groups is 2. The molecule has 0 saturated carbocycles. The van der Waals surface area contributed by atoms with E-state index in [0.717, 1.165) is 51.7 Å². The summed E-state index contributed by atoms with van der Waals surface area (Å²) >= 11 is 0. The Morgan fingerprint density at radius 3 is 2.67 bits per heavy atom. The molecule has 86 valence electrons. The van der Waals surface area contributed by atoms with Crippen molar-refractivity contribution in [1.82, 2.24) is 10.2 Å². The van der Waals surface area contributed by atoms with Crippen molar-refractivity contribution in [1.29, 1.82) is 0 Å². The maximum absolute atomic E-state index is 11.6. The van der Waals surface area contributed by atoms with Crippen LogP contribution < -0.4 is 5.32 Å². The zero-order chi connectivity index (χ0) is 11.1. The Labute approximate surface area is 91.0 Å². The number of carbonyl (C=O) groups excluding carboxylic acids is 2. The van der Waals surface area contributed by atoms with Crippen LogP contribution in [0, 0.1) is 5.92 Å². The van der Waals surface area contributed by atoms with Crippen LogP contribution in [0.4, 0.5) is 0 Å². The molecule has 1 fully saturated rings. The van der Waals surface area contributed by atoms with Gasteiger partial charge in [-0.15, -0.1) is 0 Å². The zero-order valence-electron chi connectivity index (χ0n) is 9.37. The summed E-state index contributed by atoms with van der Waals surface area (Å²) in [6.07, 6.45) is 4.61. The van der Waals surface area contributed by atoms with Gasteiger partial charge in [0.2, 0.25) is 12.3 Å². The second-order valence-electron chi connectivity index (χ2n) is 4.06. The van der Waals surface area contributed by atoms with Gasteiger partial charge in [-0.3, -0.25) is 9.59 Å². The summed E-state index contributed by atoms with van der Waals surface area (Å²) < 4.78 is 0. The summed E-state index contributed by atoms with van der Waals surface area (Å²) in [7, 11) is 0. The molecule has 0 aromatic rings. The van der Waals surface area contributed by atoms with Crippen molar-refractivity contribution in [3.63, 3.8) is 0 Å². The molecule has 1 N–H and O–H groups in total. The number of likely N-dealkylation sites (tertiary alicyclic amines) is 1. The van der Waals surface area contributed by atoms with E-state index in [1.54, 1.807) is 4.90 Å². The molecular weight excluding hydrogens is 192 g/mol. The topological polar surface area (TPSA) is 49.4 Å². The molecule has 4 nitrogen and oxygen atoms in total. The Balaban J connectivity index is 2.21. The molecule has 4 heteroatoms. The Morgan fingerprint density at radius 2 is 2.13 bits per heavy atom. The number of nitrogens with zero attached hydrogens (tertiary/aromatic N) is 1. The van der Waals surface area contributed by atoms with Gasteiger partial charge in [-0.05, 0) is 19.3 Å². The predicted octanol–water partition coefficient (Wildman–Crippen LogP) is 0.771. The number of hydrogen-bond donors (Lipinski definition) is 1. The molecule has 0 radical (unpaired) electrons. The van der Waals surface area contributed by atoms with Gasteiger partial charge in [0.25, 0.3) is 0 Å². The van der Waals surface area contributed by atoms with Crippen LogP contribution in [-0.2, 0) is 9.59 Å². The summed E-state index contributed by atoms with van der Waals surface area (Å²) in [5, 5.41) is 2.94. The number of amides is 2. The minimum atomic E-state index is 0.109. The largest absolute Gasteiger partial charge is 0.356 e. The fourth-order valence-corrected chi connectivity index (χ4v) is 1.80. The van der Waals surface area contributed by atoms with Gasteiger partial charge in [-0.1, -0.05) is 13.3 Å². The van der Waals surface area contributed by atoms with Gasteiger partial charge in [-0.25, -0.2) is 0 Å². The van der Waals surface area contributed by atoms with E-state index in [-0.39, 0.29) is 11.8 Å². The van der Waals surface area contributed by atoms with E-state index in [2.05, 4.69) is 12.2 Å². The third kappa shape index (κ3) is 3.90. The van der Waals surface area contributed by atoms with E-state index in [9.17, 15) is 9.59 Å². The van der Waals surface area contributed by atoms with Crippen LogP contribution in [0.15, 0.2) is 0 Å². The molecule has 1 rings (SSSR count). The second kappa shape index (κ2) is 6.43. The standard InChI is InChI=1S/C11H20N2O2/c1-2-3-6-12-11(15)10-4-7-13(9-14)8-5-10/h9-10H,2-8H2,1H3,(H,12,15). The Kier molecular flexibility index (Phi) is 5.15. The van der Waals surface area contributed by atoms with Crippen molar-refractivity contribution in [2.45, 2.75) is 32.6 Å². The number of rotatable bonds is 5. The smallest absolute Gasteiger partial charge is 0.223 e. The highest BCUT2D eigenvalue weighted by atomic mass is 16.2. The van der Waals surface area contributed by atoms with Gasteiger partial charge < -0.3 is 10.2 Å². The maximum atomic E-state index is 11.6. The molecule has 2 amide bonds. The van der Waals surface area contributed by atoms with E-state index < -0.39 is 0 Å². The Morgan fingerprint density at radius 1 is 1.47 bits per heavy atom. The first-order valence-corrected chi connectivity index (χ1v) is 5.75. The lowest BCUT2D eigenvalue weighted by atomic mass is 9.96. The lowest BCUT2D eigenvalue weighted by Gasteiger charge is -2.28. The highest BCUT2D eigenvalue weighted by Gasteiger charge is 2.23. The first-order valence-electron chi connectivity index (χ1n) is 5.75. The van der Waals surface area contributed by atoms with E-state index in [1.165, 1.54) is 0 Å². The van der Waals surface area contributed by atoms with E-state index >= 15 is 0 Å². The molecule has 0 atom stereocenters. The molecule has 0 aromatic carbocycles. The van der Waals surface area contributed by atoms with Crippen molar-refractivity contribution in [3.05, 3.63) is 0 Å².